The molecule has 0 spiro atoms. The maximum atomic E-state index is 12.0. The van der Waals surface area contributed by atoms with Crippen molar-refractivity contribution in [2.24, 2.45) is 11.8 Å². The number of ether oxygens (including phenoxy) is 1. The van der Waals surface area contributed by atoms with E-state index in [4.69, 9.17) is 4.74 Å². The number of rotatable bonds is 5. The molecule has 2 aromatic rings. The summed E-state index contributed by atoms with van der Waals surface area (Å²) >= 11 is 1.21. The van der Waals surface area contributed by atoms with Crippen molar-refractivity contribution < 1.29 is 9.53 Å². The smallest absolute Gasteiger partial charge is 0.407 e. The number of carbonyl (C=O) groups excluding carboxylic acids is 1. The molecule has 2 N–H and O–H groups in total. The highest BCUT2D eigenvalue weighted by atomic mass is 35.5. The van der Waals surface area contributed by atoms with Gasteiger partial charge >= 0.3 is 6.09 Å². The summed E-state index contributed by atoms with van der Waals surface area (Å²) in [7, 11) is 0. The van der Waals surface area contributed by atoms with Gasteiger partial charge in [0.15, 0.2) is 0 Å². The highest BCUT2D eigenvalue weighted by molar-refractivity contribution is 6.99. The normalized spacial score (nSPS) is 27.0. The fourth-order valence-electron chi connectivity index (χ4n) is 3.69. The second-order valence-corrected chi connectivity index (χ2v) is 6.68. The number of nitrogens with zero attached hydrogens (tertiary/aromatic N) is 2. The Labute approximate surface area is 150 Å². The van der Waals surface area contributed by atoms with Gasteiger partial charge in [-0.05, 0) is 30.5 Å². The molecule has 1 aliphatic carbocycles. The predicted octanol–water partition coefficient (Wildman–Crippen LogP) is 1.97. The fraction of sp³-hybridized carbons (Fsp3) is 0.438. The first kappa shape index (κ1) is 17.1. The first-order valence-corrected chi connectivity index (χ1v) is 8.47. The monoisotopic (exact) mass is 366 g/mol. The van der Waals surface area contributed by atoms with Crippen LogP contribution in [0.5, 0.6) is 0 Å². The van der Waals surface area contributed by atoms with Crippen LogP contribution in [0.25, 0.3) is 0 Å². The Bertz CT molecular complexity index is 673. The van der Waals surface area contributed by atoms with E-state index in [1.165, 1.54) is 11.7 Å². The third-order valence-corrected chi connectivity index (χ3v) is 5.47. The van der Waals surface area contributed by atoms with E-state index in [9.17, 15) is 4.79 Å². The second-order valence-electron chi connectivity index (χ2n) is 6.12. The average Bonchev–Trinajstić information content (AvgIpc) is 3.08. The zero-order chi connectivity index (χ0) is 15.7. The summed E-state index contributed by atoms with van der Waals surface area (Å²) in [6.07, 6.45) is 1.43. The van der Waals surface area contributed by atoms with Gasteiger partial charge in [0, 0.05) is 6.54 Å². The summed E-state index contributed by atoms with van der Waals surface area (Å²) < 4.78 is 14.0. The van der Waals surface area contributed by atoms with Crippen LogP contribution in [0.4, 0.5) is 4.79 Å². The molecule has 128 valence electrons. The van der Waals surface area contributed by atoms with Gasteiger partial charge in [-0.15, -0.1) is 12.4 Å². The van der Waals surface area contributed by atoms with Gasteiger partial charge in [0.05, 0.1) is 29.0 Å². The summed E-state index contributed by atoms with van der Waals surface area (Å²) in [5.41, 5.74) is 1.88. The van der Waals surface area contributed by atoms with Gasteiger partial charge in [0.25, 0.3) is 0 Å². The number of fused-ring (bicyclic) bond motifs is 1. The SMILES string of the molecule is Cl.O=C(NCc1ccccc1)OCC1(c2cnsn2)C2CNCC21. The Morgan fingerprint density at radius 3 is 2.75 bits per heavy atom. The molecule has 2 atom stereocenters. The maximum absolute atomic E-state index is 12.0. The van der Waals surface area contributed by atoms with Crippen LogP contribution >= 0.6 is 24.1 Å². The highest BCUT2D eigenvalue weighted by Gasteiger charge is 2.69. The number of hydrogen-bond donors (Lipinski definition) is 2. The largest absolute Gasteiger partial charge is 0.449 e. The zero-order valence-corrected chi connectivity index (χ0v) is 14.6. The van der Waals surface area contributed by atoms with Crippen molar-refractivity contribution in [3.63, 3.8) is 0 Å². The molecule has 1 aromatic carbocycles. The molecule has 2 aliphatic rings. The van der Waals surface area contributed by atoms with E-state index in [2.05, 4.69) is 19.4 Å². The van der Waals surface area contributed by atoms with Gasteiger partial charge in [0.2, 0.25) is 0 Å². The molecule has 8 heteroatoms. The van der Waals surface area contributed by atoms with Crippen molar-refractivity contribution in [3.05, 3.63) is 47.8 Å². The zero-order valence-electron chi connectivity index (χ0n) is 13.0. The summed E-state index contributed by atoms with van der Waals surface area (Å²) in [6, 6.07) is 9.79. The third kappa shape index (κ3) is 2.99. The van der Waals surface area contributed by atoms with E-state index < -0.39 is 0 Å². The first-order chi connectivity index (χ1) is 11.3. The molecule has 1 amide bonds. The van der Waals surface area contributed by atoms with Crippen molar-refractivity contribution >= 4 is 30.2 Å². The minimum absolute atomic E-state index is 0. The summed E-state index contributed by atoms with van der Waals surface area (Å²) in [4.78, 5) is 12.0. The number of alkyl carbamates (subject to hydrolysis) is 1. The van der Waals surface area contributed by atoms with Gasteiger partial charge < -0.3 is 15.4 Å². The van der Waals surface area contributed by atoms with Crippen LogP contribution in [0.15, 0.2) is 36.5 Å². The number of amides is 1. The molecule has 1 aromatic heterocycles. The van der Waals surface area contributed by atoms with Crippen LogP contribution in [0, 0.1) is 11.8 Å². The Morgan fingerprint density at radius 2 is 2.08 bits per heavy atom. The number of benzene rings is 1. The van der Waals surface area contributed by atoms with Crippen LogP contribution in [-0.2, 0) is 16.7 Å². The van der Waals surface area contributed by atoms with Gasteiger partial charge in [-0.3, -0.25) is 0 Å². The number of piperidine rings is 1. The molecule has 1 aliphatic heterocycles. The highest BCUT2D eigenvalue weighted by Crippen LogP contribution is 2.61. The molecule has 24 heavy (non-hydrogen) atoms. The third-order valence-electron chi connectivity index (χ3n) is 4.99. The molecule has 2 unspecified atom stereocenters. The van der Waals surface area contributed by atoms with Crippen LogP contribution in [0.3, 0.4) is 0 Å². The lowest BCUT2D eigenvalue weighted by Crippen LogP contribution is -2.33. The predicted molar refractivity (Wildman–Crippen MR) is 93.3 cm³/mol. The van der Waals surface area contributed by atoms with Crippen LogP contribution < -0.4 is 10.6 Å². The maximum Gasteiger partial charge on any atom is 0.407 e. The molecule has 1 saturated carbocycles. The van der Waals surface area contributed by atoms with Gasteiger partial charge in [0.1, 0.15) is 6.61 Å². The summed E-state index contributed by atoms with van der Waals surface area (Å²) in [5.74, 6) is 0.988. The van der Waals surface area contributed by atoms with Gasteiger partial charge in [-0.1, -0.05) is 30.3 Å². The van der Waals surface area contributed by atoms with Crippen LogP contribution in [0.1, 0.15) is 11.3 Å². The minimum Gasteiger partial charge on any atom is -0.449 e. The Morgan fingerprint density at radius 1 is 1.33 bits per heavy atom. The molecule has 6 nitrogen and oxygen atoms in total. The van der Waals surface area contributed by atoms with E-state index >= 15 is 0 Å². The van der Waals surface area contributed by atoms with E-state index in [1.54, 1.807) is 0 Å². The Balaban J connectivity index is 0.00000169. The molecule has 2 heterocycles. The van der Waals surface area contributed by atoms with E-state index in [1.807, 2.05) is 36.5 Å². The molecular weight excluding hydrogens is 348 g/mol. The lowest BCUT2D eigenvalue weighted by molar-refractivity contribution is 0.127. The van der Waals surface area contributed by atoms with Crippen LogP contribution in [0.2, 0.25) is 0 Å². The van der Waals surface area contributed by atoms with Crippen molar-refractivity contribution in [1.82, 2.24) is 19.4 Å². The Hall–Kier alpha value is -1.70. The molecule has 0 bridgehead atoms. The topological polar surface area (TPSA) is 76.1 Å². The standard InChI is InChI=1S/C16H18N4O2S.ClH/c21-15(18-6-11-4-2-1-3-5-11)22-10-16(14-9-19-23-20-14)12-7-17-8-13(12)16;/h1-5,9,12-13,17H,6-8,10H2,(H,18,21);1H. The van der Waals surface area contributed by atoms with Crippen molar-refractivity contribution in [3.8, 4) is 0 Å². The molecule has 0 radical (unpaired) electrons. The van der Waals surface area contributed by atoms with Crippen LogP contribution in [-0.4, -0.2) is 34.5 Å². The minimum atomic E-state index is -0.380. The number of halogens is 1. The van der Waals surface area contributed by atoms with Crippen molar-refractivity contribution in [1.29, 1.82) is 0 Å². The van der Waals surface area contributed by atoms with Gasteiger partial charge in [-0.2, -0.15) is 8.75 Å². The molecular formula is C16H19ClN4O2S. The number of carbonyl (C=O) groups is 1. The number of hydrogen-bond acceptors (Lipinski definition) is 6. The second kappa shape index (κ2) is 7.04. The first-order valence-electron chi connectivity index (χ1n) is 7.74. The Kier molecular flexibility index (Phi) is 5.03. The fourth-order valence-corrected chi connectivity index (χ4v) is 4.19. The number of aromatic nitrogens is 2. The van der Waals surface area contributed by atoms with Crippen molar-refractivity contribution in [2.45, 2.75) is 12.0 Å². The number of nitrogens with one attached hydrogen (secondary N) is 2. The van der Waals surface area contributed by atoms with E-state index in [0.717, 1.165) is 24.3 Å². The molecule has 4 rings (SSSR count). The molecule has 1 saturated heterocycles. The van der Waals surface area contributed by atoms with E-state index in [0.29, 0.717) is 25.0 Å². The van der Waals surface area contributed by atoms with Gasteiger partial charge in [-0.25, -0.2) is 4.79 Å². The lowest BCUT2D eigenvalue weighted by atomic mass is 9.98. The van der Waals surface area contributed by atoms with Crippen molar-refractivity contribution in [2.75, 3.05) is 19.7 Å². The average molecular weight is 367 g/mol. The summed E-state index contributed by atoms with van der Waals surface area (Å²) in [5, 5.41) is 6.17. The quantitative estimate of drug-likeness (QED) is 0.846. The molecule has 2 fully saturated rings. The lowest BCUT2D eigenvalue weighted by Gasteiger charge is -2.19. The summed E-state index contributed by atoms with van der Waals surface area (Å²) in [6.45, 7) is 2.75. The van der Waals surface area contributed by atoms with E-state index in [-0.39, 0.29) is 23.9 Å².